The van der Waals surface area contributed by atoms with Crippen molar-refractivity contribution in [3.8, 4) is 0 Å². The molecular weight excluding hydrogens is 476 g/mol. The van der Waals surface area contributed by atoms with Crippen molar-refractivity contribution in [2.24, 2.45) is 0 Å². The smallest absolute Gasteiger partial charge is 0.108 e. The van der Waals surface area contributed by atoms with E-state index in [1.165, 1.54) is 24.3 Å². The fourth-order valence-electron chi connectivity index (χ4n) is 0.922. The monoisotopic (exact) mass is 485 g/mol. The second kappa shape index (κ2) is 11.0. The molecule has 0 aliphatic carbocycles. The Bertz CT molecular complexity index is 401. The largest absolute Gasteiger partial charge is 0.696 e. The minimum absolute atomic E-state index is 0.0486. The second-order valence-corrected chi connectivity index (χ2v) is 6.29. The van der Waals surface area contributed by atoms with Crippen molar-refractivity contribution in [1.82, 2.24) is 0 Å². The van der Waals surface area contributed by atoms with Crippen LogP contribution in [0.5, 0.6) is 0 Å². The van der Waals surface area contributed by atoms with Crippen molar-refractivity contribution in [2.75, 3.05) is 0 Å². The van der Waals surface area contributed by atoms with Gasteiger partial charge >= 0.3 is 35.3 Å². The molecule has 0 bridgehead atoms. The summed E-state index contributed by atoms with van der Waals surface area (Å²) in [6.07, 6.45) is 0. The number of halogens is 4. The van der Waals surface area contributed by atoms with Gasteiger partial charge in [0.2, 0.25) is 0 Å². The Morgan fingerprint density at radius 2 is 1.00 bits per heavy atom. The van der Waals surface area contributed by atoms with Gasteiger partial charge in [0.15, 0.2) is 0 Å². The molecule has 2 aromatic rings. The van der Waals surface area contributed by atoms with E-state index in [-0.39, 0.29) is 11.4 Å². The van der Waals surface area contributed by atoms with Crippen LogP contribution in [0.2, 0.25) is 0 Å². The van der Waals surface area contributed by atoms with Crippen molar-refractivity contribution in [3.63, 3.8) is 0 Å². The minimum atomic E-state index is -0.472. The fraction of sp³-hybridized carbons (Fsp3) is 0. The van der Waals surface area contributed by atoms with Crippen molar-refractivity contribution < 1.29 is 25.3 Å². The normalized spacial score (nSPS) is 8.84. The van der Waals surface area contributed by atoms with E-state index in [0.717, 1.165) is 0 Å². The number of hydrogen-bond donors (Lipinski definition) is 0. The topological polar surface area (TPSA) is 47.6 Å². The average Bonchev–Trinajstić information content (AvgIpc) is 2.38. The fourth-order valence-corrected chi connectivity index (χ4v) is 0.922. The Hall–Kier alpha value is -0.832. The first-order valence-electron chi connectivity index (χ1n) is 4.77. The third-order valence-electron chi connectivity index (χ3n) is 1.75. The van der Waals surface area contributed by atoms with Crippen LogP contribution in [0.4, 0.5) is 20.2 Å². The first kappa shape index (κ1) is 18.2. The summed E-state index contributed by atoms with van der Waals surface area (Å²) in [6, 6.07) is 11.7. The first-order valence-corrected chi connectivity index (χ1v) is 10.4. The van der Waals surface area contributed by atoms with Crippen LogP contribution in [0.15, 0.2) is 48.5 Å². The maximum Gasteiger partial charge on any atom is 0.108 e. The maximum absolute atomic E-state index is 12.1. The summed E-state index contributed by atoms with van der Waals surface area (Å²) in [7, 11) is 9.75. The van der Waals surface area contributed by atoms with Crippen LogP contribution in [0.3, 0.4) is 0 Å². The molecule has 0 amide bonds. The Morgan fingerprint density at radius 3 is 1.16 bits per heavy atom. The Balaban J connectivity index is 0.000000284. The van der Waals surface area contributed by atoms with Crippen LogP contribution in [0.25, 0.3) is 11.5 Å². The Kier molecular flexibility index (Phi) is 10.6. The van der Waals surface area contributed by atoms with Gasteiger partial charge < -0.3 is 11.5 Å². The molecule has 2 rings (SSSR count). The molecule has 7 heteroatoms. The summed E-state index contributed by atoms with van der Waals surface area (Å²) >= 11 is -0.472. The number of benzene rings is 2. The molecule has 2 N–H and O–H groups in total. The van der Waals surface area contributed by atoms with Crippen molar-refractivity contribution in [3.05, 3.63) is 71.6 Å². The van der Waals surface area contributed by atoms with E-state index in [0.29, 0.717) is 0 Å². The summed E-state index contributed by atoms with van der Waals surface area (Å²) in [5.74, 6) is -0.931. The molecule has 2 aromatic carbocycles. The number of hydrogen-bond acceptors (Lipinski definition) is 0. The van der Waals surface area contributed by atoms with Gasteiger partial charge in [-0.25, -0.2) is 8.78 Å². The van der Waals surface area contributed by atoms with Gasteiger partial charge in [-0.15, -0.1) is 11.4 Å². The van der Waals surface area contributed by atoms with E-state index in [2.05, 4.69) is 0 Å². The number of nitrogens with one attached hydrogen (secondary N) is 2. The van der Waals surface area contributed by atoms with E-state index in [4.69, 9.17) is 30.3 Å². The number of rotatable bonds is 0. The Labute approximate surface area is 127 Å². The molecule has 0 fully saturated rings. The molecule has 0 spiro atoms. The zero-order valence-electron chi connectivity index (χ0n) is 9.45. The molecule has 2 nitrogen and oxygen atoms in total. The van der Waals surface area contributed by atoms with Gasteiger partial charge in [0, 0.05) is 0 Å². The standard InChI is InChI=1S/2C6H5FN.2ClH.Pt/c2*7-5-3-1-2-4-6(5)8;;;/h2*1-4,8H;2*1H;/q2*-1;;;+4/p-2. The summed E-state index contributed by atoms with van der Waals surface area (Å²) in [5, 5.41) is 0. The maximum atomic E-state index is 12.1. The third-order valence-corrected chi connectivity index (χ3v) is 1.75. The van der Waals surface area contributed by atoms with Gasteiger partial charge in [-0.05, 0) is 12.1 Å². The third kappa shape index (κ3) is 8.82. The molecule has 0 saturated carbocycles. The second-order valence-electron chi connectivity index (χ2n) is 3.00. The van der Waals surface area contributed by atoms with Gasteiger partial charge in [0.05, 0.1) is 0 Å². The molecular formula is C12H10Cl2F2N2Pt. The zero-order chi connectivity index (χ0) is 14.7. The van der Waals surface area contributed by atoms with Crippen LogP contribution in [0.1, 0.15) is 0 Å². The summed E-state index contributed by atoms with van der Waals surface area (Å²) in [5.41, 5.74) is 13.6. The van der Waals surface area contributed by atoms with Gasteiger partial charge in [0.1, 0.15) is 11.6 Å². The molecule has 0 saturated heterocycles. The minimum Gasteiger partial charge on any atom is -0.696 e. The molecule has 0 aliphatic heterocycles. The molecule has 0 aliphatic rings. The van der Waals surface area contributed by atoms with Gasteiger partial charge in [-0.3, -0.25) is 0 Å². The predicted molar refractivity (Wildman–Crippen MR) is 72.5 cm³/mol. The van der Waals surface area contributed by atoms with Gasteiger partial charge in [-0.2, -0.15) is 0 Å². The van der Waals surface area contributed by atoms with Crippen LogP contribution in [-0.4, -0.2) is 0 Å². The van der Waals surface area contributed by atoms with Gasteiger partial charge in [0.25, 0.3) is 0 Å². The van der Waals surface area contributed by atoms with Crippen LogP contribution < -0.4 is 0 Å². The molecule has 0 unspecified atom stereocenters. The first-order chi connectivity index (χ1) is 9.02. The molecule has 0 atom stereocenters. The van der Waals surface area contributed by atoms with Crippen molar-refractivity contribution >= 4 is 30.2 Å². The van der Waals surface area contributed by atoms with Crippen LogP contribution in [-0.2, 0) is 16.5 Å². The molecule has 0 aromatic heterocycles. The molecule has 0 radical (unpaired) electrons. The molecule has 0 heterocycles. The average molecular weight is 486 g/mol. The van der Waals surface area contributed by atoms with Crippen LogP contribution >= 0.6 is 18.8 Å². The van der Waals surface area contributed by atoms with Crippen LogP contribution in [0, 0.1) is 11.6 Å². The quantitative estimate of drug-likeness (QED) is 0.414. The SMILES string of the molecule is [Cl][Pt+2][Cl].[NH-]c1ccccc1F.[NH-]c1ccccc1F. The molecule has 106 valence electrons. The van der Waals surface area contributed by atoms with Crippen molar-refractivity contribution in [2.45, 2.75) is 0 Å². The zero-order valence-corrected chi connectivity index (χ0v) is 13.2. The summed E-state index contributed by atoms with van der Waals surface area (Å²) in [6.45, 7) is 0. The predicted octanol–water partition coefficient (Wildman–Crippen LogP) is 6.40. The van der Waals surface area contributed by atoms with Gasteiger partial charge in [-0.1, -0.05) is 36.4 Å². The molecule has 19 heavy (non-hydrogen) atoms. The van der Waals surface area contributed by atoms with Crippen molar-refractivity contribution in [1.29, 1.82) is 0 Å². The van der Waals surface area contributed by atoms with E-state index in [1.807, 2.05) is 0 Å². The summed E-state index contributed by atoms with van der Waals surface area (Å²) < 4.78 is 24.3. The summed E-state index contributed by atoms with van der Waals surface area (Å²) in [4.78, 5) is 0. The van der Waals surface area contributed by atoms with E-state index in [9.17, 15) is 8.78 Å². The Morgan fingerprint density at radius 1 is 0.737 bits per heavy atom. The van der Waals surface area contributed by atoms with E-state index < -0.39 is 28.1 Å². The van der Waals surface area contributed by atoms with E-state index >= 15 is 0 Å². The van der Waals surface area contributed by atoms with E-state index in [1.54, 1.807) is 24.3 Å².